The van der Waals surface area contributed by atoms with Gasteiger partial charge in [0.25, 0.3) is 0 Å². The van der Waals surface area contributed by atoms with E-state index in [4.69, 9.17) is 4.74 Å². The van der Waals surface area contributed by atoms with Crippen LogP contribution >= 0.6 is 0 Å². The van der Waals surface area contributed by atoms with Crippen LogP contribution in [-0.4, -0.2) is 25.6 Å². The molecule has 3 rings (SSSR count). The van der Waals surface area contributed by atoms with Gasteiger partial charge in [0, 0.05) is 18.8 Å². The Labute approximate surface area is 123 Å². The van der Waals surface area contributed by atoms with E-state index < -0.39 is 0 Å². The molecule has 0 radical (unpaired) electrons. The number of benzene rings is 2. The molecule has 2 aromatic rings. The van der Waals surface area contributed by atoms with Crippen molar-refractivity contribution in [3.8, 4) is 0 Å². The fourth-order valence-electron chi connectivity index (χ4n) is 2.40. The number of rotatable bonds is 5. The Hall–Kier alpha value is -2.36. The standard InChI is InChI=1S/C17H17FN2O/c18-15-6-8-17(9-7-15)20(11-16-12-21-13-19-16)10-14-4-2-1-3-5-14/h1-9,13,16H,10-12H2. The molecule has 1 aliphatic rings. The smallest absolute Gasteiger partial charge is 0.169 e. The van der Waals surface area contributed by atoms with Crippen LogP contribution in [0.15, 0.2) is 59.6 Å². The minimum absolute atomic E-state index is 0.124. The first-order valence-electron chi connectivity index (χ1n) is 6.99. The second-order valence-electron chi connectivity index (χ2n) is 5.08. The van der Waals surface area contributed by atoms with Crippen molar-refractivity contribution in [2.24, 2.45) is 4.99 Å². The van der Waals surface area contributed by atoms with E-state index in [1.807, 2.05) is 18.2 Å². The van der Waals surface area contributed by atoms with Crippen LogP contribution in [0.5, 0.6) is 0 Å². The average Bonchev–Trinajstić information content (AvgIpc) is 3.01. The molecular formula is C17H17FN2O. The molecule has 0 saturated heterocycles. The van der Waals surface area contributed by atoms with E-state index in [0.29, 0.717) is 6.61 Å². The van der Waals surface area contributed by atoms with Crippen molar-refractivity contribution in [1.82, 2.24) is 0 Å². The molecule has 0 spiro atoms. The zero-order chi connectivity index (χ0) is 14.5. The van der Waals surface area contributed by atoms with E-state index in [1.54, 1.807) is 12.1 Å². The summed E-state index contributed by atoms with van der Waals surface area (Å²) in [6.45, 7) is 2.11. The van der Waals surface area contributed by atoms with Gasteiger partial charge in [-0.05, 0) is 29.8 Å². The largest absolute Gasteiger partial charge is 0.481 e. The minimum atomic E-state index is -0.222. The minimum Gasteiger partial charge on any atom is -0.481 e. The van der Waals surface area contributed by atoms with Crippen LogP contribution in [-0.2, 0) is 11.3 Å². The van der Waals surface area contributed by atoms with Crippen molar-refractivity contribution in [2.45, 2.75) is 12.6 Å². The molecule has 0 amide bonds. The maximum Gasteiger partial charge on any atom is 0.169 e. The number of nitrogens with zero attached hydrogens (tertiary/aromatic N) is 2. The van der Waals surface area contributed by atoms with Crippen LogP contribution < -0.4 is 4.90 Å². The maximum atomic E-state index is 13.1. The van der Waals surface area contributed by atoms with Gasteiger partial charge in [-0.15, -0.1) is 0 Å². The molecule has 0 N–H and O–H groups in total. The van der Waals surface area contributed by atoms with Gasteiger partial charge in [-0.2, -0.15) is 0 Å². The third-order valence-electron chi connectivity index (χ3n) is 3.47. The predicted molar refractivity (Wildman–Crippen MR) is 82.1 cm³/mol. The van der Waals surface area contributed by atoms with Crippen molar-refractivity contribution >= 4 is 12.1 Å². The molecule has 0 aliphatic carbocycles. The van der Waals surface area contributed by atoms with Gasteiger partial charge < -0.3 is 9.64 Å². The molecule has 0 fully saturated rings. The molecule has 3 nitrogen and oxygen atoms in total. The lowest BCUT2D eigenvalue weighted by atomic mass is 10.1. The van der Waals surface area contributed by atoms with Gasteiger partial charge in [-0.1, -0.05) is 30.3 Å². The Morgan fingerprint density at radius 3 is 2.52 bits per heavy atom. The topological polar surface area (TPSA) is 24.8 Å². The molecule has 0 bridgehead atoms. The summed E-state index contributed by atoms with van der Waals surface area (Å²) in [6, 6.07) is 16.9. The Balaban J connectivity index is 1.79. The van der Waals surface area contributed by atoms with Gasteiger partial charge in [-0.3, -0.25) is 0 Å². The van der Waals surface area contributed by atoms with E-state index in [-0.39, 0.29) is 11.9 Å². The summed E-state index contributed by atoms with van der Waals surface area (Å²) < 4.78 is 18.3. The number of aliphatic imine (C=N–C) groups is 1. The average molecular weight is 284 g/mol. The molecule has 108 valence electrons. The normalized spacial score (nSPS) is 16.7. The molecule has 2 aromatic carbocycles. The zero-order valence-corrected chi connectivity index (χ0v) is 11.7. The Morgan fingerprint density at radius 1 is 1.10 bits per heavy atom. The van der Waals surface area contributed by atoms with Crippen LogP contribution in [0.1, 0.15) is 5.56 Å². The number of halogens is 1. The van der Waals surface area contributed by atoms with Gasteiger partial charge in [0.05, 0.1) is 0 Å². The highest BCUT2D eigenvalue weighted by atomic mass is 19.1. The van der Waals surface area contributed by atoms with Crippen molar-refractivity contribution in [3.05, 3.63) is 66.0 Å². The molecule has 1 atom stereocenters. The summed E-state index contributed by atoms with van der Waals surface area (Å²) in [5.41, 5.74) is 2.20. The Kier molecular flexibility index (Phi) is 4.15. The second-order valence-corrected chi connectivity index (χ2v) is 5.08. The fraction of sp³-hybridized carbons (Fsp3) is 0.235. The number of anilines is 1. The van der Waals surface area contributed by atoms with Crippen LogP contribution in [0, 0.1) is 5.82 Å². The zero-order valence-electron chi connectivity index (χ0n) is 11.7. The number of hydrogen-bond acceptors (Lipinski definition) is 3. The molecule has 1 unspecified atom stereocenters. The first kappa shape index (κ1) is 13.6. The first-order valence-corrected chi connectivity index (χ1v) is 6.99. The third kappa shape index (κ3) is 3.60. The van der Waals surface area contributed by atoms with Gasteiger partial charge in [0.1, 0.15) is 18.5 Å². The third-order valence-corrected chi connectivity index (χ3v) is 3.47. The van der Waals surface area contributed by atoms with Crippen molar-refractivity contribution in [2.75, 3.05) is 18.1 Å². The quantitative estimate of drug-likeness (QED) is 0.842. The molecular weight excluding hydrogens is 267 g/mol. The van der Waals surface area contributed by atoms with E-state index in [2.05, 4.69) is 22.0 Å². The van der Waals surface area contributed by atoms with Crippen LogP contribution in [0.25, 0.3) is 0 Å². The Bertz CT molecular complexity index is 598. The van der Waals surface area contributed by atoms with Gasteiger partial charge in [0.2, 0.25) is 0 Å². The van der Waals surface area contributed by atoms with Crippen molar-refractivity contribution in [1.29, 1.82) is 0 Å². The number of hydrogen-bond donors (Lipinski definition) is 0. The summed E-state index contributed by atoms with van der Waals surface area (Å²) in [6.07, 6.45) is 1.51. The van der Waals surface area contributed by atoms with Crippen LogP contribution in [0.2, 0.25) is 0 Å². The van der Waals surface area contributed by atoms with Crippen LogP contribution in [0.4, 0.5) is 10.1 Å². The fourth-order valence-corrected chi connectivity index (χ4v) is 2.40. The van der Waals surface area contributed by atoms with E-state index >= 15 is 0 Å². The summed E-state index contributed by atoms with van der Waals surface area (Å²) in [5, 5.41) is 0. The molecule has 1 heterocycles. The molecule has 0 saturated carbocycles. The maximum absolute atomic E-state index is 13.1. The monoisotopic (exact) mass is 284 g/mol. The highest BCUT2D eigenvalue weighted by Gasteiger charge is 2.17. The lowest BCUT2D eigenvalue weighted by Gasteiger charge is -2.26. The summed E-state index contributed by atoms with van der Waals surface area (Å²) in [7, 11) is 0. The van der Waals surface area contributed by atoms with Gasteiger partial charge >= 0.3 is 0 Å². The summed E-state index contributed by atoms with van der Waals surface area (Å²) in [5.74, 6) is -0.222. The number of ether oxygens (including phenoxy) is 1. The second kappa shape index (κ2) is 6.39. The van der Waals surface area contributed by atoms with Crippen molar-refractivity contribution < 1.29 is 9.13 Å². The first-order chi connectivity index (χ1) is 10.3. The highest BCUT2D eigenvalue weighted by molar-refractivity contribution is 5.51. The van der Waals surface area contributed by atoms with Crippen molar-refractivity contribution in [3.63, 3.8) is 0 Å². The highest BCUT2D eigenvalue weighted by Crippen LogP contribution is 2.19. The summed E-state index contributed by atoms with van der Waals surface area (Å²) >= 11 is 0. The predicted octanol–water partition coefficient (Wildman–Crippen LogP) is 3.26. The van der Waals surface area contributed by atoms with E-state index in [9.17, 15) is 4.39 Å². The lowest BCUT2D eigenvalue weighted by Crippen LogP contribution is -2.32. The van der Waals surface area contributed by atoms with Gasteiger partial charge in [0.15, 0.2) is 6.40 Å². The van der Waals surface area contributed by atoms with Crippen LogP contribution in [0.3, 0.4) is 0 Å². The summed E-state index contributed by atoms with van der Waals surface area (Å²) in [4.78, 5) is 6.50. The van der Waals surface area contributed by atoms with E-state index in [1.165, 1.54) is 24.1 Å². The molecule has 4 heteroatoms. The SMILES string of the molecule is Fc1ccc(N(Cc2ccccc2)CC2COC=N2)cc1. The molecule has 1 aliphatic heterocycles. The molecule has 0 aromatic heterocycles. The Morgan fingerprint density at radius 2 is 1.86 bits per heavy atom. The van der Waals surface area contributed by atoms with Gasteiger partial charge in [-0.25, -0.2) is 9.38 Å². The lowest BCUT2D eigenvalue weighted by molar-refractivity contribution is 0.327. The molecule has 21 heavy (non-hydrogen) atoms. The van der Waals surface area contributed by atoms with E-state index in [0.717, 1.165) is 18.8 Å².